The normalized spacial score (nSPS) is 26.6. The Labute approximate surface area is 44.9 Å². The fraction of sp³-hybridized carbons (Fsp3) is 1.00. The second-order valence-corrected chi connectivity index (χ2v) is 2.91. The van der Waals surface area contributed by atoms with Crippen molar-refractivity contribution in [3.63, 3.8) is 0 Å². The quantitative estimate of drug-likeness (QED) is 0.494. The van der Waals surface area contributed by atoms with Crippen molar-refractivity contribution < 1.29 is 5.73 Å². The predicted octanol–water partition coefficient (Wildman–Crippen LogP) is 0.418. The van der Waals surface area contributed by atoms with Crippen LogP contribution in [0.5, 0.6) is 0 Å². The molecule has 1 fully saturated rings. The van der Waals surface area contributed by atoms with E-state index in [0.717, 1.165) is 6.54 Å². The van der Waals surface area contributed by atoms with Crippen LogP contribution in [0.2, 0.25) is 0 Å². The number of rotatable bonds is 1. The van der Waals surface area contributed by atoms with Gasteiger partial charge in [0.25, 0.3) is 0 Å². The van der Waals surface area contributed by atoms with Gasteiger partial charge in [0.05, 0.1) is 6.54 Å². The maximum Gasteiger partial charge on any atom is 0.0794 e. The van der Waals surface area contributed by atoms with Crippen molar-refractivity contribution in [2.75, 3.05) is 6.54 Å². The number of hydrogen-bond acceptors (Lipinski definition) is 0. The smallest absolute Gasteiger partial charge is 0.0794 e. The summed E-state index contributed by atoms with van der Waals surface area (Å²) >= 11 is 0. The topological polar surface area (TPSA) is 27.6 Å². The van der Waals surface area contributed by atoms with E-state index in [1.54, 1.807) is 0 Å². The van der Waals surface area contributed by atoms with E-state index >= 15 is 0 Å². The number of hydrogen-bond donors (Lipinski definition) is 1. The average molecular weight is 100 g/mol. The van der Waals surface area contributed by atoms with E-state index in [-0.39, 0.29) is 0 Å². The van der Waals surface area contributed by atoms with Crippen LogP contribution >= 0.6 is 0 Å². The molecule has 42 valence electrons. The van der Waals surface area contributed by atoms with Crippen LogP contribution in [0.25, 0.3) is 0 Å². The van der Waals surface area contributed by atoms with E-state index < -0.39 is 0 Å². The highest BCUT2D eigenvalue weighted by atomic mass is 14.6. The van der Waals surface area contributed by atoms with Crippen molar-refractivity contribution in [3.8, 4) is 0 Å². The van der Waals surface area contributed by atoms with E-state index in [9.17, 15) is 0 Å². The lowest BCUT2D eigenvalue weighted by Gasteiger charge is -2.34. The molecule has 0 unspecified atom stereocenters. The van der Waals surface area contributed by atoms with Crippen LogP contribution in [-0.4, -0.2) is 6.54 Å². The van der Waals surface area contributed by atoms with Crippen molar-refractivity contribution in [2.45, 2.75) is 26.2 Å². The highest BCUT2D eigenvalue weighted by Gasteiger charge is 2.31. The van der Waals surface area contributed by atoms with E-state index in [1.807, 2.05) is 0 Å². The zero-order valence-corrected chi connectivity index (χ0v) is 5.04. The minimum Gasteiger partial charge on any atom is -0.357 e. The third-order valence-corrected chi connectivity index (χ3v) is 2.16. The molecule has 1 aliphatic rings. The van der Waals surface area contributed by atoms with Gasteiger partial charge in [0.2, 0.25) is 0 Å². The third kappa shape index (κ3) is 0.778. The van der Waals surface area contributed by atoms with Crippen molar-refractivity contribution in [1.29, 1.82) is 0 Å². The zero-order valence-electron chi connectivity index (χ0n) is 5.04. The fourth-order valence-electron chi connectivity index (χ4n) is 1.03. The molecule has 0 aromatic heterocycles. The average Bonchev–Trinajstić information content (AvgIpc) is 1.61. The summed E-state index contributed by atoms with van der Waals surface area (Å²) in [4.78, 5) is 0. The lowest BCUT2D eigenvalue weighted by Crippen LogP contribution is -2.59. The van der Waals surface area contributed by atoms with Crippen molar-refractivity contribution >= 4 is 0 Å². The summed E-state index contributed by atoms with van der Waals surface area (Å²) in [7, 11) is 0. The Hall–Kier alpha value is -0.0400. The molecule has 0 heterocycles. The van der Waals surface area contributed by atoms with Gasteiger partial charge in [-0.05, 0) is 12.8 Å². The van der Waals surface area contributed by atoms with Crippen molar-refractivity contribution in [3.05, 3.63) is 0 Å². The van der Waals surface area contributed by atoms with Crippen LogP contribution < -0.4 is 5.73 Å². The molecular weight excluding hydrogens is 86.1 g/mol. The highest BCUT2D eigenvalue weighted by Crippen LogP contribution is 2.38. The second kappa shape index (κ2) is 1.48. The molecule has 0 radical (unpaired) electrons. The van der Waals surface area contributed by atoms with Gasteiger partial charge >= 0.3 is 0 Å². The zero-order chi connectivity index (χ0) is 5.33. The van der Waals surface area contributed by atoms with Gasteiger partial charge in [-0.25, -0.2) is 0 Å². The SMILES string of the molecule is CC1(C[NH3+])CCC1. The minimum atomic E-state index is 0.653. The molecule has 0 atom stereocenters. The van der Waals surface area contributed by atoms with Gasteiger partial charge in [-0.1, -0.05) is 13.3 Å². The Morgan fingerprint density at radius 1 is 1.57 bits per heavy atom. The molecule has 1 heteroatoms. The Balaban J connectivity index is 2.29. The maximum absolute atomic E-state index is 3.88. The van der Waals surface area contributed by atoms with E-state index in [4.69, 9.17) is 0 Å². The molecule has 0 amide bonds. The first-order chi connectivity index (χ1) is 3.27. The molecule has 1 saturated carbocycles. The standard InChI is InChI=1S/C6H13N/c1-6(5-7)3-2-4-6/h2-5,7H2,1H3/p+1. The van der Waals surface area contributed by atoms with Gasteiger partial charge in [0.1, 0.15) is 0 Å². The van der Waals surface area contributed by atoms with Crippen LogP contribution in [0.1, 0.15) is 26.2 Å². The van der Waals surface area contributed by atoms with E-state index in [2.05, 4.69) is 12.7 Å². The molecule has 0 saturated heterocycles. The molecule has 3 N–H and O–H groups in total. The monoisotopic (exact) mass is 100 g/mol. The molecule has 1 rings (SSSR count). The number of quaternary nitrogens is 1. The maximum atomic E-state index is 3.88. The van der Waals surface area contributed by atoms with Gasteiger partial charge < -0.3 is 5.73 Å². The van der Waals surface area contributed by atoms with Crippen LogP contribution in [0.3, 0.4) is 0 Å². The van der Waals surface area contributed by atoms with Gasteiger partial charge in [-0.3, -0.25) is 0 Å². The molecule has 7 heavy (non-hydrogen) atoms. The van der Waals surface area contributed by atoms with Crippen molar-refractivity contribution in [1.82, 2.24) is 0 Å². The van der Waals surface area contributed by atoms with E-state index in [0.29, 0.717) is 5.41 Å². The summed E-state index contributed by atoms with van der Waals surface area (Å²) in [6, 6.07) is 0. The summed E-state index contributed by atoms with van der Waals surface area (Å²) in [6.45, 7) is 3.45. The van der Waals surface area contributed by atoms with Crippen molar-refractivity contribution in [2.24, 2.45) is 5.41 Å². The molecule has 1 nitrogen and oxygen atoms in total. The van der Waals surface area contributed by atoms with Gasteiger partial charge in [0.15, 0.2) is 0 Å². The van der Waals surface area contributed by atoms with Crippen LogP contribution in [0.4, 0.5) is 0 Å². The first-order valence-electron chi connectivity index (χ1n) is 3.06. The second-order valence-electron chi connectivity index (χ2n) is 2.91. The Bertz CT molecular complexity index is 59.1. The summed E-state index contributed by atoms with van der Waals surface area (Å²) < 4.78 is 0. The third-order valence-electron chi connectivity index (χ3n) is 2.16. The first-order valence-corrected chi connectivity index (χ1v) is 3.06. The summed E-state index contributed by atoms with van der Waals surface area (Å²) in [5.74, 6) is 0. The van der Waals surface area contributed by atoms with E-state index in [1.165, 1.54) is 19.3 Å². The summed E-state index contributed by atoms with van der Waals surface area (Å²) in [5.41, 5.74) is 4.53. The molecule has 0 aromatic rings. The molecule has 0 bridgehead atoms. The van der Waals surface area contributed by atoms with Crippen LogP contribution in [0.15, 0.2) is 0 Å². The Morgan fingerprint density at radius 3 is 2.14 bits per heavy atom. The predicted molar refractivity (Wildman–Crippen MR) is 29.7 cm³/mol. The molecule has 0 spiro atoms. The first kappa shape index (κ1) is 5.10. The van der Waals surface area contributed by atoms with Crippen LogP contribution in [0, 0.1) is 5.41 Å². The lowest BCUT2D eigenvalue weighted by atomic mass is 9.71. The molecule has 0 aromatic carbocycles. The molecule has 1 aliphatic carbocycles. The van der Waals surface area contributed by atoms with Gasteiger partial charge in [0, 0.05) is 5.41 Å². The summed E-state index contributed by atoms with van der Waals surface area (Å²) in [6.07, 6.45) is 4.26. The Kier molecular flexibility index (Phi) is 1.08. The molecule has 0 aliphatic heterocycles. The summed E-state index contributed by atoms with van der Waals surface area (Å²) in [5, 5.41) is 0. The van der Waals surface area contributed by atoms with Crippen LogP contribution in [-0.2, 0) is 0 Å². The molecular formula is C6H14N+. The lowest BCUT2D eigenvalue weighted by molar-refractivity contribution is -0.397. The van der Waals surface area contributed by atoms with Gasteiger partial charge in [-0.15, -0.1) is 0 Å². The minimum absolute atomic E-state index is 0.653. The highest BCUT2D eigenvalue weighted by molar-refractivity contribution is 4.81. The largest absolute Gasteiger partial charge is 0.357 e. The Morgan fingerprint density at radius 2 is 2.14 bits per heavy atom. The van der Waals surface area contributed by atoms with Gasteiger partial charge in [-0.2, -0.15) is 0 Å². The fourth-order valence-corrected chi connectivity index (χ4v) is 1.03.